The Bertz CT molecular complexity index is 349. The second kappa shape index (κ2) is 6.85. The Balaban J connectivity index is 0.000000325. The van der Waals surface area contributed by atoms with E-state index in [1.54, 1.807) is 19.2 Å². The van der Waals surface area contributed by atoms with Crippen LogP contribution in [0.1, 0.15) is 20.8 Å². The van der Waals surface area contributed by atoms with E-state index in [2.05, 4.69) is 4.74 Å². The highest BCUT2D eigenvalue weighted by molar-refractivity contribution is 5.43. The van der Waals surface area contributed by atoms with Gasteiger partial charge in [-0.05, 0) is 39.0 Å². The fourth-order valence-electron chi connectivity index (χ4n) is 0.840. The summed E-state index contributed by atoms with van der Waals surface area (Å²) < 4.78 is 17.0. The average Bonchev–Trinajstić information content (AvgIpc) is 2.16. The van der Waals surface area contributed by atoms with Crippen molar-refractivity contribution in [3.8, 4) is 0 Å². The van der Waals surface area contributed by atoms with Crippen LogP contribution in [0.15, 0.2) is 24.3 Å². The fourth-order valence-corrected chi connectivity index (χ4v) is 0.840. The van der Waals surface area contributed by atoms with Crippen molar-refractivity contribution in [1.82, 2.24) is 0 Å². The zero-order valence-corrected chi connectivity index (χ0v) is 10.6. The number of nitrogens with two attached hydrogens (primary N) is 1. The number of hydrazine groups is 1. The smallest absolute Gasteiger partial charge is 0.293 e. The molecule has 0 aliphatic heterocycles. The van der Waals surface area contributed by atoms with Crippen molar-refractivity contribution >= 4 is 12.2 Å². The third-order valence-corrected chi connectivity index (χ3v) is 1.62. The molecule has 0 saturated carbocycles. The Morgan fingerprint density at radius 2 is 2.00 bits per heavy atom. The van der Waals surface area contributed by atoms with Gasteiger partial charge in [-0.2, -0.15) is 0 Å². The van der Waals surface area contributed by atoms with Crippen LogP contribution in [0.25, 0.3) is 0 Å². The molecule has 0 aliphatic rings. The Kier molecular flexibility index (Phi) is 6.20. The number of halogens is 1. The van der Waals surface area contributed by atoms with Gasteiger partial charge in [0.1, 0.15) is 11.4 Å². The lowest BCUT2D eigenvalue weighted by Gasteiger charge is -2.14. The van der Waals surface area contributed by atoms with E-state index in [9.17, 15) is 9.18 Å². The molecule has 4 nitrogen and oxygen atoms in total. The summed E-state index contributed by atoms with van der Waals surface area (Å²) in [6, 6.07) is 6.12. The molecule has 0 aliphatic carbocycles. The molecule has 1 rings (SSSR count). The molecule has 0 aromatic heterocycles. The standard InChI is InChI=1S/C7H9FN2.C5H10O2/c1-10(9)7-4-2-3-6(8)5-7;1-5(2,3)7-4-6/h2-5H,9H2,1H3;4H,1-3H3. The highest BCUT2D eigenvalue weighted by Crippen LogP contribution is 2.09. The minimum Gasteiger partial charge on any atom is -0.462 e. The first-order valence-electron chi connectivity index (χ1n) is 5.11. The van der Waals surface area contributed by atoms with Gasteiger partial charge in [0.2, 0.25) is 0 Å². The largest absolute Gasteiger partial charge is 0.462 e. The predicted octanol–water partition coefficient (Wildman–Crippen LogP) is 2.09. The molecular formula is C12H19FN2O2. The molecule has 0 heterocycles. The Morgan fingerprint density at radius 1 is 1.41 bits per heavy atom. The van der Waals surface area contributed by atoms with Crippen LogP contribution >= 0.6 is 0 Å². The molecule has 1 aromatic rings. The minimum absolute atomic E-state index is 0.269. The first kappa shape index (κ1) is 15.4. The monoisotopic (exact) mass is 242 g/mol. The number of hydrogen-bond donors (Lipinski definition) is 1. The van der Waals surface area contributed by atoms with Crippen molar-refractivity contribution in [2.24, 2.45) is 5.84 Å². The first-order valence-corrected chi connectivity index (χ1v) is 5.11. The molecule has 0 atom stereocenters. The van der Waals surface area contributed by atoms with Crippen LogP contribution in [0, 0.1) is 5.82 Å². The summed E-state index contributed by atoms with van der Waals surface area (Å²) in [7, 11) is 1.66. The lowest BCUT2D eigenvalue weighted by molar-refractivity contribution is -0.138. The normalized spacial score (nSPS) is 10.0. The van der Waals surface area contributed by atoms with Crippen LogP contribution in [0.3, 0.4) is 0 Å². The number of carbonyl (C=O) groups is 1. The second-order valence-corrected chi connectivity index (χ2v) is 4.42. The van der Waals surface area contributed by atoms with Gasteiger partial charge in [-0.1, -0.05) is 6.07 Å². The van der Waals surface area contributed by atoms with E-state index in [0.29, 0.717) is 12.2 Å². The highest BCUT2D eigenvalue weighted by Gasteiger charge is 2.07. The van der Waals surface area contributed by atoms with Gasteiger partial charge >= 0.3 is 0 Å². The van der Waals surface area contributed by atoms with Gasteiger partial charge in [0, 0.05) is 7.05 Å². The fraction of sp³-hybridized carbons (Fsp3) is 0.417. The van der Waals surface area contributed by atoms with Crippen molar-refractivity contribution in [3.05, 3.63) is 30.1 Å². The number of rotatable bonds is 2. The number of benzene rings is 1. The van der Waals surface area contributed by atoms with Crippen molar-refractivity contribution in [2.75, 3.05) is 12.1 Å². The molecule has 17 heavy (non-hydrogen) atoms. The maximum Gasteiger partial charge on any atom is 0.293 e. The first-order chi connectivity index (χ1) is 7.76. The molecular weight excluding hydrogens is 223 g/mol. The summed E-state index contributed by atoms with van der Waals surface area (Å²) in [5, 5.41) is 1.36. The minimum atomic E-state index is -0.318. The zero-order chi connectivity index (χ0) is 13.5. The molecule has 0 bridgehead atoms. The summed E-state index contributed by atoms with van der Waals surface area (Å²) in [5.74, 6) is 5.08. The summed E-state index contributed by atoms with van der Waals surface area (Å²) in [4.78, 5) is 9.60. The summed E-state index contributed by atoms with van der Waals surface area (Å²) in [6.07, 6.45) is 0. The number of anilines is 1. The number of carbonyl (C=O) groups excluding carboxylic acids is 1. The summed E-state index contributed by atoms with van der Waals surface area (Å²) in [6.45, 7) is 5.92. The molecule has 1 aromatic carbocycles. The molecule has 96 valence electrons. The van der Waals surface area contributed by atoms with Crippen LogP contribution in [0.5, 0.6) is 0 Å². The molecule has 2 N–H and O–H groups in total. The molecule has 0 amide bonds. The van der Waals surface area contributed by atoms with Crippen LogP contribution in [-0.4, -0.2) is 19.1 Å². The maximum atomic E-state index is 12.4. The highest BCUT2D eigenvalue weighted by atomic mass is 19.1. The van der Waals surface area contributed by atoms with E-state index in [0.717, 1.165) is 0 Å². The number of nitrogens with zero attached hydrogens (tertiary/aromatic N) is 1. The number of hydrogen-bond acceptors (Lipinski definition) is 4. The predicted molar refractivity (Wildman–Crippen MR) is 65.9 cm³/mol. The van der Waals surface area contributed by atoms with Gasteiger partial charge in [0.25, 0.3) is 6.47 Å². The van der Waals surface area contributed by atoms with Crippen LogP contribution < -0.4 is 10.9 Å². The van der Waals surface area contributed by atoms with Crippen molar-refractivity contribution < 1.29 is 13.9 Å². The molecule has 5 heteroatoms. The van der Waals surface area contributed by atoms with Gasteiger partial charge in [-0.3, -0.25) is 4.79 Å². The SMILES string of the molecule is CC(C)(C)OC=O.CN(N)c1cccc(F)c1. The summed E-state index contributed by atoms with van der Waals surface area (Å²) in [5.41, 5.74) is 0.349. The lowest BCUT2D eigenvalue weighted by atomic mass is 10.2. The van der Waals surface area contributed by atoms with Gasteiger partial charge in [-0.25, -0.2) is 10.2 Å². The maximum absolute atomic E-state index is 12.4. The third-order valence-electron chi connectivity index (χ3n) is 1.62. The van der Waals surface area contributed by atoms with Gasteiger partial charge in [0.05, 0.1) is 5.69 Å². The van der Waals surface area contributed by atoms with Crippen molar-refractivity contribution in [1.29, 1.82) is 0 Å². The van der Waals surface area contributed by atoms with Crippen LogP contribution in [0.4, 0.5) is 10.1 Å². The van der Waals surface area contributed by atoms with Crippen LogP contribution in [-0.2, 0) is 9.53 Å². The van der Waals surface area contributed by atoms with E-state index in [1.165, 1.54) is 17.1 Å². The second-order valence-electron chi connectivity index (χ2n) is 4.42. The Hall–Kier alpha value is -1.62. The van der Waals surface area contributed by atoms with Gasteiger partial charge in [-0.15, -0.1) is 0 Å². The van der Waals surface area contributed by atoms with E-state index >= 15 is 0 Å². The third kappa shape index (κ3) is 8.21. The quantitative estimate of drug-likeness (QED) is 0.490. The summed E-state index contributed by atoms with van der Waals surface area (Å²) >= 11 is 0. The van der Waals surface area contributed by atoms with Crippen molar-refractivity contribution in [2.45, 2.75) is 26.4 Å². The lowest BCUT2D eigenvalue weighted by Crippen LogP contribution is -2.24. The molecule has 0 saturated heterocycles. The van der Waals surface area contributed by atoms with Crippen molar-refractivity contribution in [3.63, 3.8) is 0 Å². The molecule has 0 spiro atoms. The van der Waals surface area contributed by atoms with Gasteiger partial charge in [0.15, 0.2) is 0 Å². The average molecular weight is 242 g/mol. The zero-order valence-electron chi connectivity index (χ0n) is 10.6. The number of ether oxygens (including phenoxy) is 1. The Labute approximate surface area is 101 Å². The van der Waals surface area contributed by atoms with Crippen LogP contribution in [0.2, 0.25) is 0 Å². The molecule has 0 unspecified atom stereocenters. The van der Waals surface area contributed by atoms with Gasteiger partial charge < -0.3 is 9.75 Å². The topological polar surface area (TPSA) is 55.6 Å². The molecule has 0 fully saturated rings. The van der Waals surface area contributed by atoms with E-state index in [-0.39, 0.29) is 11.4 Å². The Morgan fingerprint density at radius 3 is 2.24 bits per heavy atom. The van der Waals surface area contributed by atoms with E-state index in [1.807, 2.05) is 20.8 Å². The van der Waals surface area contributed by atoms with E-state index < -0.39 is 0 Å². The van der Waals surface area contributed by atoms with E-state index in [4.69, 9.17) is 5.84 Å². The molecule has 0 radical (unpaired) electrons.